The molecule has 0 amide bonds. The molecule has 0 fully saturated rings. The Morgan fingerprint density at radius 3 is 2.67 bits per heavy atom. The van der Waals surface area contributed by atoms with Gasteiger partial charge in [0.05, 0.1) is 5.69 Å². The van der Waals surface area contributed by atoms with E-state index in [0.717, 1.165) is 12.1 Å². The minimum Gasteiger partial charge on any atom is -0.366 e. The molecular weight excluding hydrogens is 281 g/mol. The molecule has 0 radical (unpaired) electrons. The highest BCUT2D eigenvalue weighted by Crippen LogP contribution is 2.22. The third-order valence-electron chi connectivity index (χ3n) is 2.56. The highest BCUT2D eigenvalue weighted by Gasteiger charge is 2.14. The van der Waals surface area contributed by atoms with Crippen LogP contribution < -0.4 is 10.6 Å². The van der Waals surface area contributed by atoms with Crippen molar-refractivity contribution in [1.82, 2.24) is 9.97 Å². The van der Waals surface area contributed by atoms with Crippen LogP contribution in [0.3, 0.4) is 0 Å². The number of nitrogens with zero attached hydrogens (tertiary/aromatic N) is 2. The number of hydrogen-bond donors (Lipinski definition) is 2. The Labute approximate surface area is 119 Å². The molecule has 21 heavy (non-hydrogen) atoms. The van der Waals surface area contributed by atoms with Crippen LogP contribution >= 0.6 is 0 Å². The Balaban J connectivity index is 2.29. The first-order valence-corrected chi connectivity index (χ1v) is 6.12. The van der Waals surface area contributed by atoms with Crippen LogP contribution in [0.15, 0.2) is 30.9 Å². The molecule has 0 aliphatic heterocycles. The molecule has 0 bridgehead atoms. The van der Waals surface area contributed by atoms with Gasteiger partial charge in [0.15, 0.2) is 17.5 Å². The fraction of sp³-hybridized carbons (Fsp3) is 0.143. The van der Waals surface area contributed by atoms with Crippen molar-refractivity contribution in [3.63, 3.8) is 0 Å². The molecule has 0 spiro atoms. The predicted molar refractivity (Wildman–Crippen MR) is 75.1 cm³/mol. The van der Waals surface area contributed by atoms with Gasteiger partial charge in [0.2, 0.25) is 5.95 Å². The number of rotatable bonds is 5. The van der Waals surface area contributed by atoms with E-state index >= 15 is 0 Å². The lowest BCUT2D eigenvalue weighted by Crippen LogP contribution is -2.06. The number of halogens is 3. The Kier molecular flexibility index (Phi) is 4.42. The van der Waals surface area contributed by atoms with Crippen molar-refractivity contribution in [3.05, 3.63) is 54.0 Å². The summed E-state index contributed by atoms with van der Waals surface area (Å²) in [5.74, 6) is -3.53. The number of benzene rings is 1. The van der Waals surface area contributed by atoms with Gasteiger partial charge in [-0.05, 0) is 19.1 Å². The molecule has 1 aromatic carbocycles. The van der Waals surface area contributed by atoms with E-state index in [-0.39, 0.29) is 11.6 Å². The van der Waals surface area contributed by atoms with E-state index in [1.165, 1.54) is 0 Å². The molecule has 2 N–H and O–H groups in total. The lowest BCUT2D eigenvalue weighted by molar-refractivity contribution is 0.449. The zero-order chi connectivity index (χ0) is 15.4. The molecule has 1 aromatic heterocycles. The molecule has 1 heterocycles. The van der Waals surface area contributed by atoms with E-state index < -0.39 is 17.5 Å². The highest BCUT2D eigenvalue weighted by atomic mass is 19.2. The third-order valence-corrected chi connectivity index (χ3v) is 2.56. The Bertz CT molecular complexity index is 674. The molecule has 110 valence electrons. The van der Waals surface area contributed by atoms with Crippen LogP contribution in [-0.2, 0) is 0 Å². The third kappa shape index (κ3) is 3.50. The van der Waals surface area contributed by atoms with Crippen molar-refractivity contribution < 1.29 is 13.2 Å². The minimum atomic E-state index is -1.54. The molecule has 0 atom stereocenters. The molecule has 0 saturated carbocycles. The van der Waals surface area contributed by atoms with E-state index in [1.54, 1.807) is 19.1 Å². The lowest BCUT2D eigenvalue weighted by atomic mass is 10.3. The summed E-state index contributed by atoms with van der Waals surface area (Å²) in [5, 5.41) is 5.49. The van der Waals surface area contributed by atoms with E-state index in [0.29, 0.717) is 18.1 Å². The Hall–Kier alpha value is -2.57. The van der Waals surface area contributed by atoms with Gasteiger partial charge in [-0.3, -0.25) is 0 Å². The van der Waals surface area contributed by atoms with Gasteiger partial charge < -0.3 is 10.6 Å². The summed E-state index contributed by atoms with van der Waals surface area (Å²) in [6, 6.07) is 3.60. The molecule has 4 nitrogen and oxygen atoms in total. The topological polar surface area (TPSA) is 49.8 Å². The average Bonchev–Trinajstić information content (AvgIpc) is 2.45. The van der Waals surface area contributed by atoms with Crippen LogP contribution in [0, 0.1) is 24.4 Å². The van der Waals surface area contributed by atoms with Gasteiger partial charge in [0, 0.05) is 18.3 Å². The second-order valence-corrected chi connectivity index (χ2v) is 4.24. The molecule has 0 aliphatic rings. The van der Waals surface area contributed by atoms with E-state index in [9.17, 15) is 13.2 Å². The summed E-state index contributed by atoms with van der Waals surface area (Å²) in [6.45, 7) is 5.79. The van der Waals surface area contributed by atoms with Crippen molar-refractivity contribution >= 4 is 17.5 Å². The second kappa shape index (κ2) is 6.25. The normalized spacial score (nSPS) is 10.3. The highest BCUT2D eigenvalue weighted by molar-refractivity contribution is 5.56. The van der Waals surface area contributed by atoms with Crippen LogP contribution in [0.4, 0.5) is 30.6 Å². The monoisotopic (exact) mass is 294 g/mol. The van der Waals surface area contributed by atoms with Crippen LogP contribution in [0.1, 0.15) is 5.69 Å². The number of nitrogens with one attached hydrogen (secondary N) is 2. The first kappa shape index (κ1) is 14.8. The van der Waals surface area contributed by atoms with Gasteiger partial charge in [-0.1, -0.05) is 6.08 Å². The SMILES string of the molecule is C=CCNc1cc(C)nc(Nc2ccc(F)c(F)c2F)n1. The minimum absolute atomic E-state index is 0.0754. The zero-order valence-corrected chi connectivity index (χ0v) is 11.3. The number of aromatic nitrogens is 2. The number of hydrogen-bond acceptors (Lipinski definition) is 4. The fourth-order valence-corrected chi connectivity index (χ4v) is 1.63. The van der Waals surface area contributed by atoms with Gasteiger partial charge >= 0.3 is 0 Å². The van der Waals surface area contributed by atoms with Gasteiger partial charge in [-0.25, -0.2) is 18.2 Å². The lowest BCUT2D eigenvalue weighted by Gasteiger charge is -2.10. The fourth-order valence-electron chi connectivity index (χ4n) is 1.63. The summed E-state index contributed by atoms with van der Waals surface area (Å²) in [4.78, 5) is 8.16. The molecule has 2 aromatic rings. The summed E-state index contributed by atoms with van der Waals surface area (Å²) in [6.07, 6.45) is 1.65. The van der Waals surface area contributed by atoms with Crippen molar-refractivity contribution in [2.45, 2.75) is 6.92 Å². The maximum Gasteiger partial charge on any atom is 0.229 e. The maximum atomic E-state index is 13.6. The molecular formula is C14H13F3N4. The molecule has 0 saturated heterocycles. The second-order valence-electron chi connectivity index (χ2n) is 4.24. The van der Waals surface area contributed by atoms with Crippen LogP contribution in [0.25, 0.3) is 0 Å². The quantitative estimate of drug-likeness (QED) is 0.654. The first-order chi connectivity index (χ1) is 10.0. The molecule has 7 heteroatoms. The summed E-state index contributed by atoms with van der Waals surface area (Å²) >= 11 is 0. The van der Waals surface area contributed by atoms with Crippen LogP contribution in [0.2, 0.25) is 0 Å². The van der Waals surface area contributed by atoms with Gasteiger partial charge in [0.25, 0.3) is 0 Å². The van der Waals surface area contributed by atoms with Gasteiger partial charge in [-0.15, -0.1) is 6.58 Å². The van der Waals surface area contributed by atoms with Crippen LogP contribution in [0.5, 0.6) is 0 Å². The largest absolute Gasteiger partial charge is 0.366 e. The average molecular weight is 294 g/mol. The zero-order valence-electron chi connectivity index (χ0n) is 11.3. The molecule has 0 aliphatic carbocycles. The standard InChI is InChI=1S/C14H13F3N4/c1-3-6-18-11-7-8(2)19-14(21-11)20-10-5-4-9(15)12(16)13(10)17/h3-5,7H,1,6H2,2H3,(H2,18,19,20,21). The van der Waals surface area contributed by atoms with Crippen molar-refractivity contribution in [1.29, 1.82) is 0 Å². The summed E-state index contributed by atoms with van der Waals surface area (Å²) in [7, 11) is 0. The number of aryl methyl sites for hydroxylation is 1. The Morgan fingerprint density at radius 2 is 1.95 bits per heavy atom. The summed E-state index contributed by atoms with van der Waals surface area (Å²) in [5.41, 5.74) is 0.385. The van der Waals surface area contributed by atoms with Gasteiger partial charge in [0.1, 0.15) is 5.82 Å². The number of anilines is 3. The first-order valence-electron chi connectivity index (χ1n) is 6.12. The van der Waals surface area contributed by atoms with E-state index in [4.69, 9.17) is 0 Å². The van der Waals surface area contributed by atoms with Gasteiger partial charge in [-0.2, -0.15) is 4.98 Å². The smallest absolute Gasteiger partial charge is 0.229 e. The molecule has 2 rings (SSSR count). The van der Waals surface area contributed by atoms with Crippen molar-refractivity contribution in [3.8, 4) is 0 Å². The maximum absolute atomic E-state index is 13.6. The van der Waals surface area contributed by atoms with Crippen LogP contribution in [-0.4, -0.2) is 16.5 Å². The molecule has 0 unspecified atom stereocenters. The summed E-state index contributed by atoms with van der Waals surface area (Å²) < 4.78 is 39.6. The van der Waals surface area contributed by atoms with Crippen molar-refractivity contribution in [2.24, 2.45) is 0 Å². The predicted octanol–water partition coefficient (Wildman–Crippen LogP) is 3.54. The van der Waals surface area contributed by atoms with E-state index in [2.05, 4.69) is 27.2 Å². The van der Waals surface area contributed by atoms with Crippen molar-refractivity contribution in [2.75, 3.05) is 17.2 Å². The van der Waals surface area contributed by atoms with E-state index in [1.807, 2.05) is 0 Å². The Morgan fingerprint density at radius 1 is 1.19 bits per heavy atom.